The normalized spacial score (nSPS) is 30.2. The van der Waals surface area contributed by atoms with Crippen molar-refractivity contribution < 1.29 is 5.21 Å². The Morgan fingerprint density at radius 1 is 1.75 bits per heavy atom. The van der Waals surface area contributed by atoms with Gasteiger partial charge in [0, 0.05) is 19.0 Å². The first-order valence-electron chi connectivity index (χ1n) is 2.73. The molecule has 1 heterocycles. The Balaban J connectivity index is 2.35. The summed E-state index contributed by atoms with van der Waals surface area (Å²) >= 11 is 0. The molecule has 0 bridgehead atoms. The molecular formula is C6H9NO. The summed E-state index contributed by atoms with van der Waals surface area (Å²) in [7, 11) is 0. The van der Waals surface area contributed by atoms with Gasteiger partial charge in [0.1, 0.15) is 0 Å². The Morgan fingerprint density at radius 3 is 2.75 bits per heavy atom. The van der Waals surface area contributed by atoms with Gasteiger partial charge in [-0.1, -0.05) is 0 Å². The predicted molar refractivity (Wildman–Crippen MR) is 30.3 cm³/mol. The van der Waals surface area contributed by atoms with Crippen molar-refractivity contribution in [2.45, 2.75) is 6.42 Å². The summed E-state index contributed by atoms with van der Waals surface area (Å²) in [5, 5.41) is 10.0. The molecule has 1 N–H and O–H groups in total. The number of hydrogen-bond acceptors (Lipinski definition) is 2. The molecule has 1 fully saturated rings. The lowest BCUT2D eigenvalue weighted by Gasteiger charge is -2.01. The summed E-state index contributed by atoms with van der Waals surface area (Å²) in [6.45, 7) is 1.38. The van der Waals surface area contributed by atoms with Crippen LogP contribution in [0.2, 0.25) is 0 Å². The zero-order chi connectivity index (χ0) is 5.98. The second kappa shape index (κ2) is 2.17. The highest BCUT2D eigenvalue weighted by atomic mass is 16.5. The van der Waals surface area contributed by atoms with Gasteiger partial charge in [0.25, 0.3) is 0 Å². The van der Waals surface area contributed by atoms with Crippen molar-refractivity contribution in [1.29, 1.82) is 0 Å². The lowest BCUT2D eigenvalue weighted by molar-refractivity contribution is -0.0697. The Morgan fingerprint density at radius 2 is 2.50 bits per heavy atom. The Bertz CT molecular complexity index is 116. The fourth-order valence-electron chi connectivity index (χ4n) is 0.878. The SMILES string of the molecule is C#CC1CCN(O)C1. The summed E-state index contributed by atoms with van der Waals surface area (Å²) in [6.07, 6.45) is 6.05. The van der Waals surface area contributed by atoms with Crippen molar-refractivity contribution in [1.82, 2.24) is 5.06 Å². The summed E-state index contributed by atoms with van der Waals surface area (Å²) in [5.41, 5.74) is 0. The van der Waals surface area contributed by atoms with Crippen LogP contribution >= 0.6 is 0 Å². The maximum absolute atomic E-state index is 8.77. The average Bonchev–Trinajstić information content (AvgIpc) is 2.14. The minimum atomic E-state index is 0.278. The quantitative estimate of drug-likeness (QED) is 0.455. The number of rotatable bonds is 0. The Hall–Kier alpha value is -0.520. The van der Waals surface area contributed by atoms with Crippen LogP contribution in [-0.2, 0) is 0 Å². The standard InChI is InChI=1S/C6H9NO/c1-2-6-3-4-7(8)5-6/h1,6,8H,3-5H2. The van der Waals surface area contributed by atoms with E-state index in [0.717, 1.165) is 13.0 Å². The van der Waals surface area contributed by atoms with Gasteiger partial charge in [-0.25, -0.2) is 0 Å². The van der Waals surface area contributed by atoms with Gasteiger partial charge in [0.05, 0.1) is 0 Å². The van der Waals surface area contributed by atoms with Gasteiger partial charge in [-0.15, -0.1) is 12.3 Å². The van der Waals surface area contributed by atoms with E-state index in [2.05, 4.69) is 5.92 Å². The molecule has 1 aliphatic rings. The van der Waals surface area contributed by atoms with Gasteiger partial charge in [-0.05, 0) is 6.42 Å². The summed E-state index contributed by atoms with van der Waals surface area (Å²) in [6, 6.07) is 0. The molecule has 1 atom stereocenters. The Kier molecular flexibility index (Phi) is 1.52. The number of nitrogens with zero attached hydrogens (tertiary/aromatic N) is 1. The van der Waals surface area contributed by atoms with E-state index in [1.54, 1.807) is 0 Å². The fourth-order valence-corrected chi connectivity index (χ4v) is 0.878. The monoisotopic (exact) mass is 111 g/mol. The molecule has 2 heteroatoms. The van der Waals surface area contributed by atoms with Gasteiger partial charge < -0.3 is 5.21 Å². The Labute approximate surface area is 49.1 Å². The van der Waals surface area contributed by atoms with E-state index in [1.807, 2.05) is 0 Å². The molecule has 1 aliphatic heterocycles. The van der Waals surface area contributed by atoms with E-state index in [-0.39, 0.29) is 5.92 Å². The van der Waals surface area contributed by atoms with E-state index >= 15 is 0 Å². The smallest absolute Gasteiger partial charge is 0.0376 e. The zero-order valence-electron chi connectivity index (χ0n) is 4.67. The molecule has 1 rings (SSSR count). The van der Waals surface area contributed by atoms with Gasteiger partial charge in [-0.2, -0.15) is 5.06 Å². The molecule has 1 unspecified atom stereocenters. The lowest BCUT2D eigenvalue weighted by atomic mass is 10.1. The third-order valence-corrected chi connectivity index (χ3v) is 1.40. The van der Waals surface area contributed by atoms with Crippen LogP contribution in [0.4, 0.5) is 0 Å². The van der Waals surface area contributed by atoms with Crippen LogP contribution in [-0.4, -0.2) is 23.4 Å². The van der Waals surface area contributed by atoms with Crippen LogP contribution in [0.15, 0.2) is 0 Å². The molecule has 0 saturated carbocycles. The highest BCUT2D eigenvalue weighted by Gasteiger charge is 2.17. The van der Waals surface area contributed by atoms with E-state index in [1.165, 1.54) is 5.06 Å². The molecular weight excluding hydrogens is 102 g/mol. The molecule has 0 amide bonds. The minimum absolute atomic E-state index is 0.278. The molecule has 0 aromatic heterocycles. The minimum Gasteiger partial charge on any atom is -0.314 e. The van der Waals surface area contributed by atoms with Crippen LogP contribution in [0, 0.1) is 18.3 Å². The topological polar surface area (TPSA) is 23.5 Å². The highest BCUT2D eigenvalue weighted by molar-refractivity contribution is 4.96. The predicted octanol–water partition coefficient (Wildman–Crippen LogP) is 0.331. The van der Waals surface area contributed by atoms with Gasteiger partial charge in [-0.3, -0.25) is 0 Å². The number of terminal acetylenes is 1. The molecule has 2 nitrogen and oxygen atoms in total. The first-order chi connectivity index (χ1) is 3.83. The van der Waals surface area contributed by atoms with Crippen molar-refractivity contribution in [3.05, 3.63) is 0 Å². The number of hydrogen-bond donors (Lipinski definition) is 1. The summed E-state index contributed by atoms with van der Waals surface area (Å²) in [4.78, 5) is 0. The van der Waals surface area contributed by atoms with Crippen molar-refractivity contribution in [3.63, 3.8) is 0 Å². The summed E-state index contributed by atoms with van der Waals surface area (Å²) in [5.74, 6) is 2.87. The third kappa shape index (κ3) is 1.00. The van der Waals surface area contributed by atoms with Crippen LogP contribution in [0.25, 0.3) is 0 Å². The zero-order valence-corrected chi connectivity index (χ0v) is 4.67. The van der Waals surface area contributed by atoms with Gasteiger partial charge >= 0.3 is 0 Å². The molecule has 0 radical (unpaired) electrons. The average molecular weight is 111 g/mol. The molecule has 1 saturated heterocycles. The van der Waals surface area contributed by atoms with Crippen LogP contribution < -0.4 is 0 Å². The van der Waals surface area contributed by atoms with E-state index < -0.39 is 0 Å². The van der Waals surface area contributed by atoms with Crippen molar-refractivity contribution in [2.24, 2.45) is 5.92 Å². The van der Waals surface area contributed by atoms with E-state index in [9.17, 15) is 0 Å². The van der Waals surface area contributed by atoms with Gasteiger partial charge in [0.15, 0.2) is 0 Å². The summed E-state index contributed by atoms with van der Waals surface area (Å²) < 4.78 is 0. The molecule has 8 heavy (non-hydrogen) atoms. The van der Waals surface area contributed by atoms with Gasteiger partial charge in [0.2, 0.25) is 0 Å². The maximum Gasteiger partial charge on any atom is 0.0376 e. The van der Waals surface area contributed by atoms with Crippen LogP contribution in [0.5, 0.6) is 0 Å². The van der Waals surface area contributed by atoms with Crippen molar-refractivity contribution >= 4 is 0 Å². The first kappa shape index (κ1) is 5.61. The second-order valence-corrected chi connectivity index (χ2v) is 2.06. The molecule has 0 aliphatic carbocycles. The van der Waals surface area contributed by atoms with E-state index in [4.69, 9.17) is 11.6 Å². The van der Waals surface area contributed by atoms with Crippen LogP contribution in [0.3, 0.4) is 0 Å². The molecule has 0 aromatic carbocycles. The highest BCUT2D eigenvalue weighted by Crippen LogP contribution is 2.11. The van der Waals surface area contributed by atoms with Crippen molar-refractivity contribution in [3.8, 4) is 12.3 Å². The maximum atomic E-state index is 8.77. The fraction of sp³-hybridized carbons (Fsp3) is 0.667. The first-order valence-corrected chi connectivity index (χ1v) is 2.73. The molecule has 0 aromatic rings. The molecule has 44 valence electrons. The third-order valence-electron chi connectivity index (χ3n) is 1.40. The lowest BCUT2D eigenvalue weighted by Crippen LogP contribution is -2.14. The number of hydroxylamine groups is 2. The van der Waals surface area contributed by atoms with E-state index in [0.29, 0.717) is 6.54 Å². The largest absolute Gasteiger partial charge is 0.314 e. The van der Waals surface area contributed by atoms with Crippen LogP contribution in [0.1, 0.15) is 6.42 Å². The second-order valence-electron chi connectivity index (χ2n) is 2.06. The molecule has 0 spiro atoms. The van der Waals surface area contributed by atoms with Crippen molar-refractivity contribution in [2.75, 3.05) is 13.1 Å².